The van der Waals surface area contributed by atoms with Gasteiger partial charge in [-0.1, -0.05) is 30.3 Å². The molecule has 0 radical (unpaired) electrons. The molecule has 5 heteroatoms. The molecule has 5 nitrogen and oxygen atoms in total. The van der Waals surface area contributed by atoms with Crippen LogP contribution < -0.4 is 19.9 Å². The highest BCUT2D eigenvalue weighted by atomic mass is 16.5. The van der Waals surface area contributed by atoms with E-state index in [4.69, 9.17) is 4.74 Å². The van der Waals surface area contributed by atoms with Gasteiger partial charge in [0.1, 0.15) is 5.75 Å². The maximum absolute atomic E-state index is 12.6. The van der Waals surface area contributed by atoms with E-state index in [2.05, 4.69) is 23.2 Å². The number of piperazine rings is 1. The summed E-state index contributed by atoms with van der Waals surface area (Å²) in [7, 11) is 1.63. The van der Waals surface area contributed by atoms with Crippen LogP contribution >= 0.6 is 0 Å². The van der Waals surface area contributed by atoms with E-state index < -0.39 is 0 Å². The minimum absolute atomic E-state index is 0.0280. The predicted octanol–water partition coefficient (Wildman–Crippen LogP) is 1.60. The standard InChI is InChI=1S/C21H27N3O2/c1-3-23-12-14-24(15-13-23)19-10-6-5-9-18(19)22-21(25)16-17-8-4-7-11-20(17)26-2/h4-11H,3,12-16H2,1-2H3,(H,22,25)/p+1. The van der Waals surface area contributed by atoms with E-state index in [-0.39, 0.29) is 5.91 Å². The fourth-order valence-corrected chi connectivity index (χ4v) is 3.49. The van der Waals surface area contributed by atoms with Crippen molar-refractivity contribution in [2.45, 2.75) is 13.3 Å². The van der Waals surface area contributed by atoms with E-state index in [1.54, 1.807) is 12.0 Å². The van der Waals surface area contributed by atoms with Crippen molar-refractivity contribution in [3.8, 4) is 5.75 Å². The van der Waals surface area contributed by atoms with Gasteiger partial charge in [0, 0.05) is 5.56 Å². The van der Waals surface area contributed by atoms with Gasteiger partial charge >= 0.3 is 0 Å². The first-order chi connectivity index (χ1) is 12.7. The molecule has 138 valence electrons. The molecule has 3 rings (SSSR count). The summed E-state index contributed by atoms with van der Waals surface area (Å²) >= 11 is 0. The Balaban J connectivity index is 1.69. The zero-order valence-corrected chi connectivity index (χ0v) is 15.6. The number of nitrogens with one attached hydrogen (secondary N) is 2. The molecule has 0 spiro atoms. The topological polar surface area (TPSA) is 46.0 Å². The number of ether oxygens (including phenoxy) is 1. The van der Waals surface area contributed by atoms with Crippen molar-refractivity contribution in [1.82, 2.24) is 0 Å². The SMILES string of the molecule is CC[NH+]1CCN(c2ccccc2NC(=O)Cc2ccccc2OC)CC1. The average Bonchev–Trinajstić information content (AvgIpc) is 2.69. The molecular weight excluding hydrogens is 326 g/mol. The Bertz CT molecular complexity index is 740. The molecule has 1 heterocycles. The molecule has 2 aromatic carbocycles. The second-order valence-corrected chi connectivity index (χ2v) is 6.64. The van der Waals surface area contributed by atoms with Gasteiger partial charge in [-0.3, -0.25) is 4.79 Å². The zero-order valence-electron chi connectivity index (χ0n) is 15.6. The van der Waals surface area contributed by atoms with Gasteiger partial charge in [0.2, 0.25) is 5.91 Å². The fraction of sp³-hybridized carbons (Fsp3) is 0.381. The summed E-state index contributed by atoms with van der Waals surface area (Å²) in [6.07, 6.45) is 0.298. The molecule has 2 N–H and O–H groups in total. The summed E-state index contributed by atoms with van der Waals surface area (Å²) in [5.41, 5.74) is 2.88. The van der Waals surface area contributed by atoms with Gasteiger partial charge in [-0.25, -0.2) is 0 Å². The van der Waals surface area contributed by atoms with E-state index in [0.717, 1.165) is 48.9 Å². The summed E-state index contributed by atoms with van der Waals surface area (Å²) in [5.74, 6) is 0.717. The van der Waals surface area contributed by atoms with Gasteiger partial charge < -0.3 is 19.9 Å². The van der Waals surface area contributed by atoms with Crippen molar-refractivity contribution in [1.29, 1.82) is 0 Å². The van der Waals surface area contributed by atoms with Crippen LogP contribution in [0.15, 0.2) is 48.5 Å². The van der Waals surface area contributed by atoms with Crippen molar-refractivity contribution < 1.29 is 14.4 Å². The second-order valence-electron chi connectivity index (χ2n) is 6.64. The number of anilines is 2. The molecule has 1 fully saturated rings. The van der Waals surface area contributed by atoms with Crippen LogP contribution in [-0.2, 0) is 11.2 Å². The van der Waals surface area contributed by atoms with E-state index >= 15 is 0 Å². The maximum atomic E-state index is 12.6. The molecule has 2 aromatic rings. The number of rotatable bonds is 6. The molecule has 0 atom stereocenters. The predicted molar refractivity (Wildman–Crippen MR) is 105 cm³/mol. The number of amides is 1. The summed E-state index contributed by atoms with van der Waals surface area (Å²) < 4.78 is 5.35. The Kier molecular flexibility index (Phi) is 6.12. The number of benzene rings is 2. The Morgan fingerprint density at radius 1 is 1.12 bits per heavy atom. The Morgan fingerprint density at radius 3 is 2.54 bits per heavy atom. The van der Waals surface area contributed by atoms with Gasteiger partial charge in [0.25, 0.3) is 0 Å². The molecular formula is C21H28N3O2+. The lowest BCUT2D eigenvalue weighted by molar-refractivity contribution is -0.898. The van der Waals surface area contributed by atoms with E-state index in [1.165, 1.54) is 6.54 Å². The summed E-state index contributed by atoms with van der Waals surface area (Å²) in [4.78, 5) is 16.6. The number of para-hydroxylation sites is 3. The smallest absolute Gasteiger partial charge is 0.228 e. The molecule has 1 aliphatic rings. The van der Waals surface area contributed by atoms with E-state index in [9.17, 15) is 4.79 Å². The number of methoxy groups -OCH3 is 1. The van der Waals surface area contributed by atoms with Gasteiger partial charge in [-0.05, 0) is 25.1 Å². The molecule has 1 saturated heterocycles. The van der Waals surface area contributed by atoms with Crippen LogP contribution in [0.2, 0.25) is 0 Å². The zero-order chi connectivity index (χ0) is 18.4. The average molecular weight is 354 g/mol. The number of carbonyl (C=O) groups is 1. The van der Waals surface area contributed by atoms with Crippen LogP contribution in [0.1, 0.15) is 12.5 Å². The monoisotopic (exact) mass is 354 g/mol. The van der Waals surface area contributed by atoms with Crippen LogP contribution in [0, 0.1) is 0 Å². The third kappa shape index (κ3) is 4.35. The number of likely N-dealkylation sites (N-methyl/N-ethyl adjacent to an activating group) is 1. The van der Waals surface area contributed by atoms with Crippen molar-refractivity contribution >= 4 is 17.3 Å². The van der Waals surface area contributed by atoms with Crippen molar-refractivity contribution in [2.24, 2.45) is 0 Å². The van der Waals surface area contributed by atoms with Crippen LogP contribution in [0.3, 0.4) is 0 Å². The summed E-state index contributed by atoms with van der Waals surface area (Å²) in [6.45, 7) is 7.72. The number of hydrogen-bond donors (Lipinski definition) is 2. The highest BCUT2D eigenvalue weighted by Gasteiger charge is 2.21. The lowest BCUT2D eigenvalue weighted by Gasteiger charge is -2.34. The number of carbonyl (C=O) groups excluding carboxylic acids is 1. The molecule has 0 saturated carbocycles. The van der Waals surface area contributed by atoms with Crippen molar-refractivity contribution in [3.63, 3.8) is 0 Å². The van der Waals surface area contributed by atoms with Gasteiger partial charge in [0.15, 0.2) is 0 Å². The van der Waals surface area contributed by atoms with Crippen LogP contribution in [0.25, 0.3) is 0 Å². The largest absolute Gasteiger partial charge is 0.496 e. The normalized spacial score (nSPS) is 14.9. The number of quaternary nitrogens is 1. The highest BCUT2D eigenvalue weighted by molar-refractivity contribution is 5.95. The maximum Gasteiger partial charge on any atom is 0.228 e. The first-order valence-electron chi connectivity index (χ1n) is 9.30. The highest BCUT2D eigenvalue weighted by Crippen LogP contribution is 2.26. The van der Waals surface area contributed by atoms with Crippen LogP contribution in [0.5, 0.6) is 5.75 Å². The van der Waals surface area contributed by atoms with Crippen LogP contribution in [-0.4, -0.2) is 45.7 Å². The lowest BCUT2D eigenvalue weighted by Crippen LogP contribution is -3.14. The van der Waals surface area contributed by atoms with Gasteiger partial charge in [-0.15, -0.1) is 0 Å². The fourth-order valence-electron chi connectivity index (χ4n) is 3.49. The number of nitrogens with zero attached hydrogens (tertiary/aromatic N) is 1. The van der Waals surface area contributed by atoms with Crippen molar-refractivity contribution in [3.05, 3.63) is 54.1 Å². The molecule has 26 heavy (non-hydrogen) atoms. The molecule has 0 aromatic heterocycles. The van der Waals surface area contributed by atoms with Gasteiger partial charge in [0.05, 0.1) is 57.6 Å². The molecule has 1 amide bonds. The lowest BCUT2D eigenvalue weighted by atomic mass is 10.1. The summed E-state index contributed by atoms with van der Waals surface area (Å²) in [5, 5.41) is 3.09. The molecule has 0 bridgehead atoms. The first kappa shape index (κ1) is 18.3. The minimum Gasteiger partial charge on any atom is -0.496 e. The molecule has 0 unspecified atom stereocenters. The molecule has 1 aliphatic heterocycles. The Hall–Kier alpha value is -2.53. The molecule has 0 aliphatic carbocycles. The van der Waals surface area contributed by atoms with Gasteiger partial charge in [-0.2, -0.15) is 0 Å². The Labute approximate surface area is 155 Å². The van der Waals surface area contributed by atoms with Crippen LogP contribution in [0.4, 0.5) is 11.4 Å². The summed E-state index contributed by atoms with van der Waals surface area (Å²) in [6, 6.07) is 15.7. The van der Waals surface area contributed by atoms with Crippen molar-refractivity contribution in [2.75, 3.05) is 50.1 Å². The third-order valence-corrected chi connectivity index (χ3v) is 5.03. The second kappa shape index (κ2) is 8.72. The minimum atomic E-state index is -0.0280. The van der Waals surface area contributed by atoms with E-state index in [0.29, 0.717) is 6.42 Å². The number of hydrogen-bond acceptors (Lipinski definition) is 3. The quantitative estimate of drug-likeness (QED) is 0.828. The van der Waals surface area contributed by atoms with E-state index in [1.807, 2.05) is 42.5 Å². The Morgan fingerprint density at radius 2 is 1.81 bits per heavy atom. The third-order valence-electron chi connectivity index (χ3n) is 5.03. The first-order valence-corrected chi connectivity index (χ1v) is 9.30.